The van der Waals surface area contributed by atoms with Crippen molar-refractivity contribution in [2.24, 2.45) is 5.92 Å². The van der Waals surface area contributed by atoms with E-state index in [9.17, 15) is 4.79 Å². The predicted molar refractivity (Wildman–Crippen MR) is 68.3 cm³/mol. The molecule has 1 aromatic heterocycles. The summed E-state index contributed by atoms with van der Waals surface area (Å²) in [5.74, 6) is 1.14. The molecule has 0 bridgehead atoms. The Morgan fingerprint density at radius 1 is 1.39 bits per heavy atom. The lowest BCUT2D eigenvalue weighted by molar-refractivity contribution is -0.143. The topological polar surface area (TPSA) is 53.7 Å². The third-order valence-corrected chi connectivity index (χ3v) is 3.87. The summed E-state index contributed by atoms with van der Waals surface area (Å²) >= 11 is 0. The number of hydrogen-bond acceptors (Lipinski definition) is 3. The van der Waals surface area contributed by atoms with Crippen LogP contribution in [0.5, 0.6) is 0 Å². The number of carboxylic acids is 1. The highest BCUT2D eigenvalue weighted by atomic mass is 16.4. The van der Waals surface area contributed by atoms with Gasteiger partial charge < -0.3 is 9.52 Å². The molecular formula is C14H21NO3. The van der Waals surface area contributed by atoms with Gasteiger partial charge in [-0.2, -0.15) is 0 Å². The molecule has 18 heavy (non-hydrogen) atoms. The molecule has 4 heteroatoms. The van der Waals surface area contributed by atoms with Crippen molar-refractivity contribution in [3.05, 3.63) is 23.7 Å². The maximum absolute atomic E-state index is 10.9. The number of aryl methyl sites for hydroxylation is 1. The van der Waals surface area contributed by atoms with Gasteiger partial charge in [0.15, 0.2) is 0 Å². The summed E-state index contributed by atoms with van der Waals surface area (Å²) in [7, 11) is 2.09. The Morgan fingerprint density at radius 2 is 2.06 bits per heavy atom. The van der Waals surface area contributed by atoms with Gasteiger partial charge in [-0.05, 0) is 51.8 Å². The number of aliphatic carboxylic acids is 1. The van der Waals surface area contributed by atoms with Crippen molar-refractivity contribution in [1.82, 2.24) is 4.90 Å². The molecule has 0 radical (unpaired) electrons. The van der Waals surface area contributed by atoms with E-state index in [1.807, 2.05) is 19.1 Å². The summed E-state index contributed by atoms with van der Waals surface area (Å²) in [6, 6.07) is 4.46. The predicted octanol–water partition coefficient (Wildman–Crippen LogP) is 2.66. The lowest BCUT2D eigenvalue weighted by atomic mass is 9.85. The Hall–Kier alpha value is -1.29. The van der Waals surface area contributed by atoms with E-state index in [1.165, 1.54) is 0 Å². The molecule has 1 saturated carbocycles. The zero-order chi connectivity index (χ0) is 13.1. The lowest BCUT2D eigenvalue weighted by Gasteiger charge is -2.32. The molecular weight excluding hydrogens is 230 g/mol. The van der Waals surface area contributed by atoms with Gasteiger partial charge in [-0.3, -0.25) is 9.69 Å². The Kier molecular flexibility index (Phi) is 4.07. The van der Waals surface area contributed by atoms with Gasteiger partial charge >= 0.3 is 5.97 Å². The smallest absolute Gasteiger partial charge is 0.306 e. The summed E-state index contributed by atoms with van der Waals surface area (Å²) in [4.78, 5) is 13.2. The Labute approximate surface area is 108 Å². The van der Waals surface area contributed by atoms with Gasteiger partial charge in [0.25, 0.3) is 0 Å². The highest BCUT2D eigenvalue weighted by Crippen LogP contribution is 2.28. The minimum atomic E-state index is -0.641. The molecule has 1 aromatic rings. The maximum atomic E-state index is 10.9. The molecule has 1 N–H and O–H groups in total. The molecule has 0 amide bonds. The Morgan fingerprint density at radius 3 is 2.56 bits per heavy atom. The molecule has 0 spiro atoms. The van der Waals surface area contributed by atoms with Crippen LogP contribution in [0.2, 0.25) is 0 Å². The molecule has 1 aliphatic carbocycles. The first kappa shape index (κ1) is 13.1. The number of nitrogens with zero attached hydrogens (tertiary/aromatic N) is 1. The van der Waals surface area contributed by atoms with Gasteiger partial charge in [0.1, 0.15) is 11.5 Å². The molecule has 0 aliphatic heterocycles. The molecule has 100 valence electrons. The zero-order valence-electron chi connectivity index (χ0n) is 11.1. The van der Waals surface area contributed by atoms with Gasteiger partial charge in [-0.25, -0.2) is 0 Å². The highest BCUT2D eigenvalue weighted by molar-refractivity contribution is 5.70. The fourth-order valence-corrected chi connectivity index (χ4v) is 2.71. The second kappa shape index (κ2) is 5.57. The van der Waals surface area contributed by atoms with E-state index in [1.54, 1.807) is 0 Å². The largest absolute Gasteiger partial charge is 0.481 e. The van der Waals surface area contributed by atoms with Crippen molar-refractivity contribution in [1.29, 1.82) is 0 Å². The van der Waals surface area contributed by atoms with Gasteiger partial charge in [0.05, 0.1) is 12.5 Å². The molecule has 2 rings (SSSR count). The second-order valence-corrected chi connectivity index (χ2v) is 5.27. The van der Waals surface area contributed by atoms with Crippen molar-refractivity contribution >= 4 is 5.97 Å². The normalized spacial score (nSPS) is 24.4. The number of hydrogen-bond donors (Lipinski definition) is 1. The SMILES string of the molecule is Cc1ccc(CN(C)C2CCC(C(=O)O)CC2)o1. The fourth-order valence-electron chi connectivity index (χ4n) is 2.71. The molecule has 4 nitrogen and oxygen atoms in total. The van der Waals surface area contributed by atoms with Gasteiger partial charge in [-0.15, -0.1) is 0 Å². The average molecular weight is 251 g/mol. The number of rotatable bonds is 4. The van der Waals surface area contributed by atoms with Crippen LogP contribution in [0, 0.1) is 12.8 Å². The van der Waals surface area contributed by atoms with E-state index in [2.05, 4.69) is 11.9 Å². The second-order valence-electron chi connectivity index (χ2n) is 5.27. The zero-order valence-corrected chi connectivity index (χ0v) is 11.1. The van der Waals surface area contributed by atoms with Gasteiger partial charge in [-0.1, -0.05) is 0 Å². The van der Waals surface area contributed by atoms with E-state index < -0.39 is 5.97 Å². The van der Waals surface area contributed by atoms with Crippen molar-refractivity contribution in [2.75, 3.05) is 7.05 Å². The van der Waals surface area contributed by atoms with E-state index in [-0.39, 0.29) is 5.92 Å². The van der Waals surface area contributed by atoms with Crippen molar-refractivity contribution < 1.29 is 14.3 Å². The van der Waals surface area contributed by atoms with Crippen molar-refractivity contribution in [3.63, 3.8) is 0 Å². The van der Waals surface area contributed by atoms with Crippen LogP contribution in [0.1, 0.15) is 37.2 Å². The number of carbonyl (C=O) groups is 1. The van der Waals surface area contributed by atoms with Crippen molar-refractivity contribution in [2.45, 2.75) is 45.2 Å². The monoisotopic (exact) mass is 251 g/mol. The summed E-state index contributed by atoms with van der Waals surface area (Å²) in [6.45, 7) is 2.75. The Balaban J connectivity index is 1.84. The Bertz CT molecular complexity index is 405. The van der Waals surface area contributed by atoms with Gasteiger partial charge in [0.2, 0.25) is 0 Å². The summed E-state index contributed by atoms with van der Waals surface area (Å²) in [6.07, 6.45) is 3.52. The van der Waals surface area contributed by atoms with E-state index in [4.69, 9.17) is 9.52 Å². The fraction of sp³-hybridized carbons (Fsp3) is 0.643. The first-order chi connectivity index (χ1) is 8.56. The van der Waals surface area contributed by atoms with E-state index >= 15 is 0 Å². The van der Waals surface area contributed by atoms with Crippen LogP contribution < -0.4 is 0 Å². The van der Waals surface area contributed by atoms with E-state index in [0.717, 1.165) is 43.7 Å². The van der Waals surface area contributed by atoms with Crippen LogP contribution in [0.3, 0.4) is 0 Å². The maximum Gasteiger partial charge on any atom is 0.306 e. The first-order valence-corrected chi connectivity index (χ1v) is 6.54. The molecule has 0 saturated heterocycles. The first-order valence-electron chi connectivity index (χ1n) is 6.54. The molecule has 1 fully saturated rings. The third-order valence-electron chi connectivity index (χ3n) is 3.87. The summed E-state index contributed by atoms with van der Waals surface area (Å²) < 4.78 is 5.57. The minimum Gasteiger partial charge on any atom is -0.481 e. The van der Waals surface area contributed by atoms with Crippen LogP contribution in [0.25, 0.3) is 0 Å². The summed E-state index contributed by atoms with van der Waals surface area (Å²) in [5.41, 5.74) is 0. The van der Waals surface area contributed by atoms with Gasteiger partial charge in [0, 0.05) is 6.04 Å². The van der Waals surface area contributed by atoms with Crippen LogP contribution in [0.15, 0.2) is 16.5 Å². The molecule has 0 atom stereocenters. The lowest BCUT2D eigenvalue weighted by Crippen LogP contribution is -2.36. The molecule has 1 aliphatic rings. The third kappa shape index (κ3) is 3.13. The van der Waals surface area contributed by atoms with Crippen LogP contribution in [0.4, 0.5) is 0 Å². The number of carboxylic acid groups (broad SMARTS) is 1. The minimum absolute atomic E-state index is 0.138. The average Bonchev–Trinajstić information content (AvgIpc) is 2.75. The van der Waals surface area contributed by atoms with Crippen molar-refractivity contribution in [3.8, 4) is 0 Å². The van der Waals surface area contributed by atoms with Crippen LogP contribution in [-0.4, -0.2) is 29.1 Å². The molecule has 1 heterocycles. The number of furan rings is 1. The quantitative estimate of drug-likeness (QED) is 0.893. The molecule has 0 aromatic carbocycles. The van der Waals surface area contributed by atoms with Crippen LogP contribution in [-0.2, 0) is 11.3 Å². The summed E-state index contributed by atoms with van der Waals surface area (Å²) in [5, 5.41) is 8.97. The standard InChI is InChI=1S/C14H21NO3/c1-10-3-8-13(18-10)9-15(2)12-6-4-11(5-7-12)14(16)17/h3,8,11-12H,4-7,9H2,1-2H3,(H,16,17). The van der Waals surface area contributed by atoms with E-state index in [0.29, 0.717) is 6.04 Å². The highest BCUT2D eigenvalue weighted by Gasteiger charge is 2.28. The van der Waals surface area contributed by atoms with Crippen LogP contribution >= 0.6 is 0 Å². The molecule has 0 unspecified atom stereocenters.